The molecule has 0 amide bonds. The number of aryl methyl sites for hydroxylation is 1. The first-order valence-corrected chi connectivity index (χ1v) is 12.9. The molecule has 200 valence electrons. The Kier molecular flexibility index (Phi) is 7.83. The second-order valence-electron chi connectivity index (χ2n) is 8.13. The molecular formula is C24H26FN7O5S. The molecule has 0 aliphatic rings. The summed E-state index contributed by atoms with van der Waals surface area (Å²) in [6.07, 6.45) is 0.766. The molecule has 2 atom stereocenters. The lowest BCUT2D eigenvalue weighted by Gasteiger charge is -2.22. The first-order valence-electron chi connectivity index (χ1n) is 11.3. The number of para-hydroxylation sites is 1. The fourth-order valence-electron chi connectivity index (χ4n) is 3.81. The summed E-state index contributed by atoms with van der Waals surface area (Å²) in [5, 5.41) is 7.16. The lowest BCUT2D eigenvalue weighted by atomic mass is 10.2. The van der Waals surface area contributed by atoms with Gasteiger partial charge in [-0.3, -0.25) is 9.29 Å². The molecule has 0 unspecified atom stereocenters. The van der Waals surface area contributed by atoms with E-state index in [1.807, 2.05) is 13.0 Å². The van der Waals surface area contributed by atoms with E-state index in [1.165, 1.54) is 32.8 Å². The van der Waals surface area contributed by atoms with Crippen LogP contribution in [0.25, 0.3) is 17.2 Å². The number of aromatic nitrogens is 6. The molecule has 12 nitrogen and oxygen atoms in total. The van der Waals surface area contributed by atoms with Gasteiger partial charge in [0.1, 0.15) is 34.2 Å². The number of nitrogens with zero attached hydrogens (tertiary/aromatic N) is 6. The van der Waals surface area contributed by atoms with Gasteiger partial charge in [-0.05, 0) is 38.1 Å². The van der Waals surface area contributed by atoms with Gasteiger partial charge in [-0.2, -0.15) is 0 Å². The Labute approximate surface area is 218 Å². The highest BCUT2D eigenvalue weighted by molar-refractivity contribution is 7.93. The third-order valence-electron chi connectivity index (χ3n) is 5.70. The fourth-order valence-corrected chi connectivity index (χ4v) is 4.94. The summed E-state index contributed by atoms with van der Waals surface area (Å²) in [4.78, 5) is 12.3. The van der Waals surface area contributed by atoms with Gasteiger partial charge in [-0.1, -0.05) is 12.1 Å². The second kappa shape index (κ2) is 11.1. The van der Waals surface area contributed by atoms with E-state index in [-0.39, 0.29) is 17.6 Å². The third-order valence-corrected chi connectivity index (χ3v) is 7.40. The van der Waals surface area contributed by atoms with Gasteiger partial charge in [0.15, 0.2) is 17.5 Å². The van der Waals surface area contributed by atoms with Crippen LogP contribution in [0.5, 0.6) is 11.5 Å². The number of pyridine rings is 1. The largest absolute Gasteiger partial charge is 0.494 e. The molecule has 0 fully saturated rings. The maximum Gasteiger partial charge on any atom is 0.243 e. The predicted octanol–water partition coefficient (Wildman–Crippen LogP) is 3.10. The average molecular weight is 544 g/mol. The molecule has 1 aromatic carbocycles. The van der Waals surface area contributed by atoms with Gasteiger partial charge in [-0.15, -0.1) is 10.2 Å². The van der Waals surface area contributed by atoms with Crippen molar-refractivity contribution in [3.05, 3.63) is 66.1 Å². The zero-order valence-electron chi connectivity index (χ0n) is 21.3. The van der Waals surface area contributed by atoms with Gasteiger partial charge in [0.2, 0.25) is 16.0 Å². The van der Waals surface area contributed by atoms with Crippen molar-refractivity contribution >= 4 is 16.0 Å². The van der Waals surface area contributed by atoms with Gasteiger partial charge in [-0.25, -0.2) is 27.8 Å². The van der Waals surface area contributed by atoms with E-state index < -0.39 is 27.2 Å². The molecule has 1 N–H and O–H groups in total. The highest BCUT2D eigenvalue weighted by Gasteiger charge is 2.35. The zero-order valence-corrected chi connectivity index (χ0v) is 22.1. The van der Waals surface area contributed by atoms with Crippen LogP contribution in [-0.4, -0.2) is 64.7 Å². The van der Waals surface area contributed by atoms with Gasteiger partial charge in [0.05, 0.1) is 26.6 Å². The number of sulfonamides is 1. The van der Waals surface area contributed by atoms with Crippen molar-refractivity contribution in [2.45, 2.75) is 25.2 Å². The predicted molar refractivity (Wildman–Crippen MR) is 136 cm³/mol. The molecule has 0 bridgehead atoms. The maximum atomic E-state index is 13.6. The van der Waals surface area contributed by atoms with Crippen LogP contribution in [0.15, 0.2) is 48.8 Å². The Bertz CT molecular complexity index is 1510. The number of nitrogens with one attached hydrogen (secondary N) is 1. The lowest BCUT2D eigenvalue weighted by molar-refractivity contribution is 0.0948. The Morgan fingerprint density at radius 3 is 2.18 bits per heavy atom. The number of anilines is 1. The molecular weight excluding hydrogens is 517 g/mol. The third kappa shape index (κ3) is 5.26. The monoisotopic (exact) mass is 543 g/mol. The summed E-state index contributed by atoms with van der Waals surface area (Å²) in [6, 6.07) is 10.5. The molecule has 0 saturated heterocycles. The molecule has 0 aliphatic heterocycles. The number of rotatable bonds is 10. The van der Waals surface area contributed by atoms with Gasteiger partial charge < -0.3 is 14.2 Å². The minimum absolute atomic E-state index is 0.00397. The Morgan fingerprint density at radius 2 is 1.61 bits per heavy atom. The van der Waals surface area contributed by atoms with Crippen LogP contribution in [0, 0.1) is 12.7 Å². The first-order chi connectivity index (χ1) is 18.2. The lowest BCUT2D eigenvalue weighted by Crippen LogP contribution is -2.33. The van der Waals surface area contributed by atoms with Crippen LogP contribution in [0.1, 0.15) is 24.5 Å². The summed E-state index contributed by atoms with van der Waals surface area (Å²) in [7, 11) is 0.0633. The maximum absolute atomic E-state index is 13.6. The van der Waals surface area contributed by atoms with Gasteiger partial charge in [0.25, 0.3) is 0 Å². The second-order valence-corrected chi connectivity index (χ2v) is 10.2. The number of methoxy groups -OCH3 is 3. The highest BCUT2D eigenvalue weighted by Crippen LogP contribution is 2.37. The minimum Gasteiger partial charge on any atom is -0.494 e. The summed E-state index contributed by atoms with van der Waals surface area (Å²) in [6.45, 7) is 3.23. The summed E-state index contributed by atoms with van der Waals surface area (Å²) < 4.78 is 60.9. The Hall–Kier alpha value is -4.17. The van der Waals surface area contributed by atoms with Gasteiger partial charge in [0, 0.05) is 12.8 Å². The molecule has 38 heavy (non-hydrogen) atoms. The molecule has 4 rings (SSSR count). The summed E-state index contributed by atoms with van der Waals surface area (Å²) >= 11 is 0. The van der Waals surface area contributed by atoms with E-state index in [0.717, 1.165) is 18.1 Å². The minimum atomic E-state index is -4.20. The van der Waals surface area contributed by atoms with Crippen molar-refractivity contribution in [2.75, 3.05) is 26.1 Å². The first kappa shape index (κ1) is 26.9. The van der Waals surface area contributed by atoms with Crippen molar-refractivity contribution < 1.29 is 27.0 Å². The van der Waals surface area contributed by atoms with Crippen LogP contribution >= 0.6 is 0 Å². The smallest absolute Gasteiger partial charge is 0.243 e. The van der Waals surface area contributed by atoms with Crippen molar-refractivity contribution in [3.8, 4) is 28.7 Å². The Morgan fingerprint density at radius 1 is 0.974 bits per heavy atom. The standard InChI is InChI=1S/C24H26FN7O5S/c1-14-8-6-9-17(28-14)23-29-30-24(32(23)20-18(35-3)10-7-11-19(20)36-4)31-38(33,34)15(2)21(37-5)22-26-12-16(25)13-27-22/h6-13,15,21H,1-5H3,(H,30,31)/t15-,21-/m0/s1. The van der Waals surface area contributed by atoms with Crippen LogP contribution < -0.4 is 14.2 Å². The van der Waals surface area contributed by atoms with Crippen molar-refractivity contribution in [3.63, 3.8) is 0 Å². The molecule has 0 radical (unpaired) electrons. The number of benzene rings is 1. The quantitative estimate of drug-likeness (QED) is 0.317. The average Bonchev–Trinajstić information content (AvgIpc) is 3.31. The molecule has 0 spiro atoms. The van der Waals surface area contributed by atoms with Crippen LogP contribution in [0.3, 0.4) is 0 Å². The van der Waals surface area contributed by atoms with E-state index in [1.54, 1.807) is 30.3 Å². The Balaban J connectivity index is 1.84. The van der Waals surface area contributed by atoms with E-state index in [0.29, 0.717) is 22.9 Å². The van der Waals surface area contributed by atoms with E-state index >= 15 is 0 Å². The topological polar surface area (TPSA) is 143 Å². The molecule has 3 aromatic heterocycles. The van der Waals surface area contributed by atoms with Crippen molar-refractivity contribution in [1.29, 1.82) is 0 Å². The van der Waals surface area contributed by atoms with Crippen LogP contribution in [-0.2, 0) is 14.8 Å². The fraction of sp³-hybridized carbons (Fsp3) is 0.292. The summed E-state index contributed by atoms with van der Waals surface area (Å²) in [5.41, 5.74) is 1.52. The zero-order chi connectivity index (χ0) is 27.4. The normalized spacial score (nSPS) is 13.1. The molecule has 0 saturated carbocycles. The van der Waals surface area contributed by atoms with Crippen molar-refractivity contribution in [1.82, 2.24) is 29.7 Å². The molecule has 14 heteroatoms. The molecule has 3 heterocycles. The summed E-state index contributed by atoms with van der Waals surface area (Å²) in [5.74, 6) is 0.194. The van der Waals surface area contributed by atoms with Gasteiger partial charge >= 0.3 is 0 Å². The van der Waals surface area contributed by atoms with Crippen molar-refractivity contribution in [2.24, 2.45) is 0 Å². The SMILES string of the molecule is COc1cccc(OC)c1-n1c(NS(=O)(=O)[C@@H](C)[C@H](OC)c2ncc(F)cn2)nnc1-c1cccc(C)n1. The number of ether oxygens (including phenoxy) is 3. The number of halogens is 1. The van der Waals surface area contributed by atoms with E-state index in [4.69, 9.17) is 14.2 Å². The van der Waals surface area contributed by atoms with Crippen LogP contribution in [0.4, 0.5) is 10.3 Å². The molecule has 0 aliphatic carbocycles. The number of hydrogen-bond acceptors (Lipinski definition) is 10. The number of hydrogen-bond donors (Lipinski definition) is 1. The van der Waals surface area contributed by atoms with E-state index in [9.17, 15) is 12.8 Å². The highest BCUT2D eigenvalue weighted by atomic mass is 32.2. The van der Waals surface area contributed by atoms with E-state index in [2.05, 4.69) is 29.9 Å². The van der Waals surface area contributed by atoms with Crippen LogP contribution in [0.2, 0.25) is 0 Å². The molecule has 4 aromatic rings.